The molecular formula is C9H17N3O. The quantitative estimate of drug-likeness (QED) is 0.693. The van der Waals surface area contributed by atoms with E-state index in [0.29, 0.717) is 0 Å². The van der Waals surface area contributed by atoms with Crippen LogP contribution in [0.3, 0.4) is 0 Å². The Kier molecular flexibility index (Phi) is 3.76. The molecule has 1 heterocycles. The Labute approximate surface area is 78.9 Å². The highest BCUT2D eigenvalue weighted by molar-refractivity contribution is 5.46. The summed E-state index contributed by atoms with van der Waals surface area (Å²) in [7, 11) is 3.63. The molecule has 0 aliphatic rings. The highest BCUT2D eigenvalue weighted by Crippen LogP contribution is 2.12. The highest BCUT2D eigenvalue weighted by atomic mass is 16.5. The van der Waals surface area contributed by atoms with Crippen molar-refractivity contribution in [3.8, 4) is 0 Å². The van der Waals surface area contributed by atoms with Crippen molar-refractivity contribution in [3.05, 3.63) is 11.9 Å². The minimum Gasteiger partial charge on any atom is -0.383 e. The third-order valence-corrected chi connectivity index (χ3v) is 1.86. The van der Waals surface area contributed by atoms with Crippen LogP contribution < -0.4 is 5.32 Å². The van der Waals surface area contributed by atoms with E-state index in [1.165, 1.54) is 0 Å². The second-order valence-electron chi connectivity index (χ2n) is 2.94. The van der Waals surface area contributed by atoms with Crippen molar-refractivity contribution in [1.29, 1.82) is 0 Å². The molecule has 74 valence electrons. The van der Waals surface area contributed by atoms with E-state index in [-0.39, 0.29) is 0 Å². The van der Waals surface area contributed by atoms with Gasteiger partial charge in [0.1, 0.15) is 0 Å². The summed E-state index contributed by atoms with van der Waals surface area (Å²) in [5, 5.41) is 7.60. The summed E-state index contributed by atoms with van der Waals surface area (Å²) >= 11 is 0. The minimum atomic E-state index is 0.720. The molecule has 0 amide bonds. The zero-order valence-corrected chi connectivity index (χ0v) is 8.50. The second kappa shape index (κ2) is 4.87. The largest absolute Gasteiger partial charge is 0.383 e. The first-order valence-electron chi connectivity index (χ1n) is 4.53. The lowest BCUT2D eigenvalue weighted by Gasteiger charge is -2.03. The van der Waals surface area contributed by atoms with Crippen LogP contribution in [0.1, 0.15) is 12.6 Å². The summed E-state index contributed by atoms with van der Waals surface area (Å²) in [6.07, 6.45) is 2.95. The van der Waals surface area contributed by atoms with Crippen molar-refractivity contribution in [2.75, 3.05) is 25.6 Å². The molecule has 0 bridgehead atoms. The Bertz CT molecular complexity index is 257. The van der Waals surface area contributed by atoms with Crippen molar-refractivity contribution >= 4 is 5.69 Å². The second-order valence-corrected chi connectivity index (χ2v) is 2.94. The smallest absolute Gasteiger partial charge is 0.0853 e. The van der Waals surface area contributed by atoms with Gasteiger partial charge in [-0.1, -0.05) is 6.92 Å². The van der Waals surface area contributed by atoms with Gasteiger partial charge in [-0.05, 0) is 6.42 Å². The van der Waals surface area contributed by atoms with Crippen LogP contribution in [-0.4, -0.2) is 30.0 Å². The van der Waals surface area contributed by atoms with E-state index >= 15 is 0 Å². The van der Waals surface area contributed by atoms with Crippen LogP contribution in [0.5, 0.6) is 0 Å². The van der Waals surface area contributed by atoms with Gasteiger partial charge < -0.3 is 10.1 Å². The highest BCUT2D eigenvalue weighted by Gasteiger charge is 2.03. The lowest BCUT2D eigenvalue weighted by Crippen LogP contribution is -2.08. The summed E-state index contributed by atoms with van der Waals surface area (Å²) in [5.74, 6) is 0. The number of ether oxygens (including phenoxy) is 1. The zero-order chi connectivity index (χ0) is 9.68. The molecule has 1 N–H and O–H groups in total. The van der Waals surface area contributed by atoms with E-state index in [1.54, 1.807) is 7.11 Å². The predicted molar refractivity (Wildman–Crippen MR) is 53.0 cm³/mol. The number of nitrogens with zero attached hydrogens (tertiary/aromatic N) is 2. The summed E-state index contributed by atoms with van der Waals surface area (Å²) in [6.45, 7) is 3.65. The van der Waals surface area contributed by atoms with Crippen molar-refractivity contribution < 1.29 is 4.74 Å². The Morgan fingerprint density at radius 2 is 2.38 bits per heavy atom. The first kappa shape index (κ1) is 10.1. The molecule has 0 aromatic carbocycles. The van der Waals surface area contributed by atoms with Gasteiger partial charge in [0.05, 0.1) is 18.0 Å². The van der Waals surface area contributed by atoms with Crippen LogP contribution in [0.25, 0.3) is 0 Å². The zero-order valence-electron chi connectivity index (χ0n) is 8.50. The van der Waals surface area contributed by atoms with Crippen molar-refractivity contribution in [3.63, 3.8) is 0 Å². The van der Waals surface area contributed by atoms with E-state index in [4.69, 9.17) is 4.74 Å². The fourth-order valence-corrected chi connectivity index (χ4v) is 1.23. The average molecular weight is 183 g/mol. The summed E-state index contributed by atoms with van der Waals surface area (Å²) in [5.41, 5.74) is 2.22. The number of hydrogen-bond donors (Lipinski definition) is 1. The Balaban J connectivity index is 2.53. The fraction of sp³-hybridized carbons (Fsp3) is 0.667. The van der Waals surface area contributed by atoms with Gasteiger partial charge in [0.2, 0.25) is 0 Å². The van der Waals surface area contributed by atoms with E-state index in [1.807, 2.05) is 17.9 Å². The molecule has 0 atom stereocenters. The van der Waals surface area contributed by atoms with Gasteiger partial charge in [0.15, 0.2) is 0 Å². The Morgan fingerprint density at radius 3 is 3.00 bits per heavy atom. The maximum atomic E-state index is 4.95. The third kappa shape index (κ3) is 2.73. The average Bonchev–Trinajstić information content (AvgIpc) is 2.47. The normalized spacial score (nSPS) is 10.4. The van der Waals surface area contributed by atoms with Crippen LogP contribution in [-0.2, 0) is 18.2 Å². The first-order valence-corrected chi connectivity index (χ1v) is 4.53. The molecule has 4 nitrogen and oxygen atoms in total. The van der Waals surface area contributed by atoms with E-state index in [2.05, 4.69) is 17.3 Å². The van der Waals surface area contributed by atoms with Gasteiger partial charge in [-0.3, -0.25) is 4.68 Å². The first-order chi connectivity index (χ1) is 6.27. The van der Waals surface area contributed by atoms with Gasteiger partial charge in [-0.2, -0.15) is 5.10 Å². The predicted octanol–water partition coefficient (Wildman–Crippen LogP) is 1.04. The van der Waals surface area contributed by atoms with E-state index in [0.717, 1.165) is 31.0 Å². The molecule has 1 aromatic heterocycles. The molecule has 4 heteroatoms. The van der Waals surface area contributed by atoms with E-state index < -0.39 is 0 Å². The maximum Gasteiger partial charge on any atom is 0.0853 e. The number of methoxy groups -OCH3 is 1. The van der Waals surface area contributed by atoms with Crippen molar-refractivity contribution in [1.82, 2.24) is 9.78 Å². The fourth-order valence-electron chi connectivity index (χ4n) is 1.23. The molecule has 0 fully saturated rings. The number of aryl methyl sites for hydroxylation is 2. The van der Waals surface area contributed by atoms with Gasteiger partial charge in [0.25, 0.3) is 0 Å². The minimum absolute atomic E-state index is 0.720. The Hall–Kier alpha value is -1.03. The molecule has 0 saturated heterocycles. The van der Waals surface area contributed by atoms with Crippen LogP contribution >= 0.6 is 0 Å². The number of anilines is 1. The van der Waals surface area contributed by atoms with Gasteiger partial charge in [0, 0.05) is 26.9 Å². The monoisotopic (exact) mass is 183 g/mol. The molecule has 0 saturated carbocycles. The SMILES string of the molecule is CCc1nn(C)cc1NCCOC. The standard InChI is InChI=1S/C9H17N3O/c1-4-8-9(7-12(2)11-8)10-5-6-13-3/h7,10H,4-6H2,1-3H3. The molecular weight excluding hydrogens is 166 g/mol. The third-order valence-electron chi connectivity index (χ3n) is 1.86. The number of nitrogens with one attached hydrogen (secondary N) is 1. The molecule has 13 heavy (non-hydrogen) atoms. The molecule has 0 unspecified atom stereocenters. The van der Waals surface area contributed by atoms with Gasteiger partial charge >= 0.3 is 0 Å². The van der Waals surface area contributed by atoms with E-state index in [9.17, 15) is 0 Å². The molecule has 0 aliphatic heterocycles. The lowest BCUT2D eigenvalue weighted by atomic mass is 10.3. The number of hydrogen-bond acceptors (Lipinski definition) is 3. The Morgan fingerprint density at radius 1 is 1.62 bits per heavy atom. The molecule has 0 aliphatic carbocycles. The molecule has 0 spiro atoms. The van der Waals surface area contributed by atoms with Crippen LogP contribution in [0.15, 0.2) is 6.20 Å². The van der Waals surface area contributed by atoms with Gasteiger partial charge in [-0.15, -0.1) is 0 Å². The van der Waals surface area contributed by atoms with Crippen LogP contribution in [0, 0.1) is 0 Å². The summed E-state index contributed by atoms with van der Waals surface area (Å²) < 4.78 is 6.78. The topological polar surface area (TPSA) is 39.1 Å². The lowest BCUT2D eigenvalue weighted by molar-refractivity contribution is 0.211. The molecule has 0 radical (unpaired) electrons. The van der Waals surface area contributed by atoms with Crippen molar-refractivity contribution in [2.24, 2.45) is 7.05 Å². The van der Waals surface area contributed by atoms with Crippen molar-refractivity contribution in [2.45, 2.75) is 13.3 Å². The van der Waals surface area contributed by atoms with Crippen LogP contribution in [0.4, 0.5) is 5.69 Å². The molecule has 1 aromatic rings. The summed E-state index contributed by atoms with van der Waals surface area (Å²) in [6, 6.07) is 0. The van der Waals surface area contributed by atoms with Gasteiger partial charge in [-0.25, -0.2) is 0 Å². The summed E-state index contributed by atoms with van der Waals surface area (Å²) in [4.78, 5) is 0. The van der Waals surface area contributed by atoms with Crippen LogP contribution in [0.2, 0.25) is 0 Å². The maximum absolute atomic E-state index is 4.95. The number of aromatic nitrogens is 2. The molecule has 1 rings (SSSR count). The number of rotatable bonds is 5.